The number of amides is 3. The third-order valence-electron chi connectivity index (χ3n) is 5.42. The summed E-state index contributed by atoms with van der Waals surface area (Å²) in [7, 11) is 0. The molecule has 0 saturated heterocycles. The van der Waals surface area contributed by atoms with Crippen LogP contribution in [-0.4, -0.2) is 34.8 Å². The minimum absolute atomic E-state index is 0.0212. The van der Waals surface area contributed by atoms with Crippen LogP contribution >= 0.6 is 11.8 Å². The van der Waals surface area contributed by atoms with Gasteiger partial charge in [-0.2, -0.15) is 11.8 Å². The number of benzene rings is 2. The Kier molecular flexibility index (Phi) is 7.05. The molecule has 6 nitrogen and oxygen atoms in total. The van der Waals surface area contributed by atoms with Gasteiger partial charge in [0.15, 0.2) is 0 Å². The highest BCUT2D eigenvalue weighted by atomic mass is 32.2. The summed E-state index contributed by atoms with van der Waals surface area (Å²) in [4.78, 5) is 39.3. The van der Waals surface area contributed by atoms with Gasteiger partial charge in [-0.3, -0.25) is 19.3 Å². The highest BCUT2D eigenvalue weighted by molar-refractivity contribution is 7.99. The van der Waals surface area contributed by atoms with Gasteiger partial charge < -0.3 is 10.6 Å². The first kappa shape index (κ1) is 22.9. The fraction of sp³-hybridized carbons (Fsp3) is 0.375. The van der Waals surface area contributed by atoms with Crippen molar-refractivity contribution in [3.63, 3.8) is 0 Å². The summed E-state index contributed by atoms with van der Waals surface area (Å²) >= 11 is 1.48. The summed E-state index contributed by atoms with van der Waals surface area (Å²) in [6.45, 7) is 7.45. The average molecular weight is 440 g/mol. The molecule has 1 heterocycles. The lowest BCUT2D eigenvalue weighted by molar-refractivity contribution is -0.125. The van der Waals surface area contributed by atoms with E-state index < -0.39 is 5.54 Å². The number of carbonyl (C=O) groups excluding carboxylic acids is 3. The van der Waals surface area contributed by atoms with Gasteiger partial charge in [-0.25, -0.2) is 0 Å². The van der Waals surface area contributed by atoms with Gasteiger partial charge in [0.25, 0.3) is 0 Å². The molecule has 0 bridgehead atoms. The molecule has 3 rings (SSSR count). The smallest absolute Gasteiger partial charge is 0.250 e. The fourth-order valence-electron chi connectivity index (χ4n) is 3.67. The molecule has 0 aliphatic carbocycles. The van der Waals surface area contributed by atoms with Gasteiger partial charge in [-0.1, -0.05) is 30.3 Å². The summed E-state index contributed by atoms with van der Waals surface area (Å²) in [6.07, 6.45) is 1.07. The molecule has 2 aromatic carbocycles. The molecule has 2 N–H and O–H groups in total. The molecule has 0 spiro atoms. The van der Waals surface area contributed by atoms with Gasteiger partial charge in [0.05, 0.1) is 17.1 Å². The highest BCUT2D eigenvalue weighted by Crippen LogP contribution is 2.37. The van der Waals surface area contributed by atoms with E-state index >= 15 is 0 Å². The van der Waals surface area contributed by atoms with Crippen LogP contribution in [0.5, 0.6) is 0 Å². The second kappa shape index (κ2) is 9.56. The summed E-state index contributed by atoms with van der Waals surface area (Å²) in [6, 6.07) is 13.3. The molecular formula is C24H29N3O3S. The SMILES string of the molecule is Cc1cccc(C)c1NC(=O)CCCSCC(=O)N1c2ccccc2NC(=O)C1(C)C. The molecule has 1 aliphatic heterocycles. The predicted octanol–water partition coefficient (Wildman–Crippen LogP) is 4.52. The predicted molar refractivity (Wildman–Crippen MR) is 128 cm³/mol. The van der Waals surface area contributed by atoms with Crippen LogP contribution in [0.25, 0.3) is 0 Å². The zero-order chi connectivity index (χ0) is 22.6. The molecule has 0 aromatic heterocycles. The van der Waals surface area contributed by atoms with Crippen LogP contribution in [0.15, 0.2) is 42.5 Å². The van der Waals surface area contributed by atoms with Crippen LogP contribution in [-0.2, 0) is 14.4 Å². The fourth-order valence-corrected chi connectivity index (χ4v) is 4.47. The van der Waals surface area contributed by atoms with Crippen LogP contribution in [0, 0.1) is 13.8 Å². The number of hydrogen-bond acceptors (Lipinski definition) is 4. The van der Waals surface area contributed by atoms with E-state index in [0.29, 0.717) is 30.0 Å². The van der Waals surface area contributed by atoms with E-state index in [1.165, 1.54) is 11.8 Å². The first-order valence-corrected chi connectivity index (χ1v) is 11.5. The molecule has 164 valence electrons. The average Bonchev–Trinajstić information content (AvgIpc) is 2.71. The zero-order valence-corrected chi connectivity index (χ0v) is 19.3. The third kappa shape index (κ3) is 5.10. The summed E-state index contributed by atoms with van der Waals surface area (Å²) in [5, 5.41) is 5.86. The number of thioether (sulfide) groups is 1. The summed E-state index contributed by atoms with van der Waals surface area (Å²) in [5.74, 6) is 0.606. The van der Waals surface area contributed by atoms with Gasteiger partial charge in [-0.15, -0.1) is 0 Å². The van der Waals surface area contributed by atoms with Crippen LogP contribution in [0.1, 0.15) is 37.8 Å². The number of aryl methyl sites for hydroxylation is 2. The second-order valence-electron chi connectivity index (χ2n) is 8.23. The molecule has 0 fully saturated rings. The number of hydrogen-bond donors (Lipinski definition) is 2. The number of carbonyl (C=O) groups is 3. The van der Waals surface area contributed by atoms with Crippen molar-refractivity contribution < 1.29 is 14.4 Å². The Morgan fingerprint density at radius 2 is 1.74 bits per heavy atom. The topological polar surface area (TPSA) is 78.5 Å². The summed E-state index contributed by atoms with van der Waals surface area (Å²) in [5.41, 5.74) is 3.36. The number of fused-ring (bicyclic) bond motifs is 1. The van der Waals surface area contributed by atoms with Crippen molar-refractivity contribution in [3.05, 3.63) is 53.6 Å². The Morgan fingerprint density at radius 1 is 1.06 bits per heavy atom. The van der Waals surface area contributed by atoms with Gasteiger partial charge in [0.2, 0.25) is 17.7 Å². The van der Waals surface area contributed by atoms with Crippen molar-refractivity contribution in [2.24, 2.45) is 0 Å². The number of nitrogens with zero attached hydrogens (tertiary/aromatic N) is 1. The summed E-state index contributed by atoms with van der Waals surface area (Å²) < 4.78 is 0. The maximum absolute atomic E-state index is 13.0. The van der Waals surface area contributed by atoms with Gasteiger partial charge in [-0.05, 0) is 63.1 Å². The maximum Gasteiger partial charge on any atom is 0.250 e. The first-order valence-electron chi connectivity index (χ1n) is 10.4. The van der Waals surface area contributed by atoms with Crippen LogP contribution in [0.4, 0.5) is 17.1 Å². The highest BCUT2D eigenvalue weighted by Gasteiger charge is 2.43. The monoisotopic (exact) mass is 439 g/mol. The van der Waals surface area contributed by atoms with Gasteiger partial charge in [0, 0.05) is 12.1 Å². The molecule has 31 heavy (non-hydrogen) atoms. The molecule has 0 unspecified atom stereocenters. The Balaban J connectivity index is 1.50. The molecule has 0 saturated carbocycles. The lowest BCUT2D eigenvalue weighted by Crippen LogP contribution is -2.59. The Bertz CT molecular complexity index is 983. The quantitative estimate of drug-likeness (QED) is 0.622. The Hall–Kier alpha value is -2.80. The van der Waals surface area contributed by atoms with Gasteiger partial charge >= 0.3 is 0 Å². The zero-order valence-electron chi connectivity index (χ0n) is 18.5. The number of anilines is 3. The molecule has 7 heteroatoms. The van der Waals surface area contributed by atoms with Crippen molar-refractivity contribution in [2.45, 2.75) is 46.1 Å². The van der Waals surface area contributed by atoms with Crippen molar-refractivity contribution in [1.29, 1.82) is 0 Å². The van der Waals surface area contributed by atoms with Crippen LogP contribution in [0.3, 0.4) is 0 Å². The molecule has 3 amide bonds. The Morgan fingerprint density at radius 3 is 2.45 bits per heavy atom. The lowest BCUT2D eigenvalue weighted by atomic mass is 9.96. The molecular weight excluding hydrogens is 410 g/mol. The number of nitrogens with one attached hydrogen (secondary N) is 2. The molecule has 0 atom stereocenters. The standard InChI is InChI=1S/C24H29N3O3S/c1-16-9-7-10-17(2)22(16)26-20(28)13-8-14-31-15-21(29)27-19-12-6-5-11-18(19)25-23(30)24(27,3)4/h5-7,9-12H,8,13-15H2,1-4H3,(H,25,30)(H,26,28). The van der Waals surface area contributed by atoms with E-state index in [-0.39, 0.29) is 23.5 Å². The van der Waals surface area contributed by atoms with Crippen molar-refractivity contribution in [1.82, 2.24) is 0 Å². The van der Waals surface area contributed by atoms with Crippen molar-refractivity contribution in [3.8, 4) is 0 Å². The van der Waals surface area contributed by atoms with Crippen molar-refractivity contribution in [2.75, 3.05) is 27.0 Å². The minimum Gasteiger partial charge on any atom is -0.326 e. The van der Waals surface area contributed by atoms with Crippen molar-refractivity contribution >= 4 is 46.5 Å². The second-order valence-corrected chi connectivity index (χ2v) is 9.34. The lowest BCUT2D eigenvalue weighted by Gasteiger charge is -2.42. The first-order chi connectivity index (χ1) is 14.7. The Labute approximate surface area is 187 Å². The molecule has 2 aromatic rings. The van der Waals surface area contributed by atoms with Gasteiger partial charge in [0.1, 0.15) is 5.54 Å². The maximum atomic E-state index is 13.0. The van der Waals surface area contributed by atoms with E-state index in [1.807, 2.05) is 50.2 Å². The molecule has 0 radical (unpaired) electrons. The molecule has 1 aliphatic rings. The largest absolute Gasteiger partial charge is 0.326 e. The van der Waals surface area contributed by atoms with Crippen LogP contribution < -0.4 is 15.5 Å². The third-order valence-corrected chi connectivity index (χ3v) is 6.45. The normalized spacial score (nSPS) is 14.6. The van der Waals surface area contributed by atoms with Crippen LogP contribution in [0.2, 0.25) is 0 Å². The number of para-hydroxylation sites is 3. The van der Waals surface area contributed by atoms with E-state index in [2.05, 4.69) is 10.6 Å². The van der Waals surface area contributed by atoms with E-state index in [0.717, 1.165) is 16.8 Å². The van der Waals surface area contributed by atoms with E-state index in [9.17, 15) is 14.4 Å². The number of rotatable bonds is 7. The van der Waals surface area contributed by atoms with E-state index in [4.69, 9.17) is 0 Å². The van der Waals surface area contributed by atoms with E-state index in [1.54, 1.807) is 24.8 Å². The minimum atomic E-state index is -0.961.